The van der Waals surface area contributed by atoms with Crippen molar-refractivity contribution in [3.63, 3.8) is 0 Å². The number of nitrogens with zero attached hydrogens (tertiary/aromatic N) is 3. The number of alkyl halides is 3. The monoisotopic (exact) mass is 294 g/mol. The van der Waals surface area contributed by atoms with Gasteiger partial charge in [0, 0.05) is 20.1 Å². The Morgan fingerprint density at radius 1 is 1.25 bits per heavy atom. The molecule has 1 heterocycles. The molecule has 1 fully saturated rings. The highest BCUT2D eigenvalue weighted by Gasteiger charge is 2.31. The van der Waals surface area contributed by atoms with Gasteiger partial charge in [-0.05, 0) is 12.8 Å². The van der Waals surface area contributed by atoms with Crippen LogP contribution >= 0.6 is 0 Å². The van der Waals surface area contributed by atoms with Crippen LogP contribution < -0.4 is 5.73 Å². The van der Waals surface area contributed by atoms with Crippen LogP contribution in [0.1, 0.15) is 25.7 Å². The van der Waals surface area contributed by atoms with Crippen molar-refractivity contribution in [2.45, 2.75) is 31.9 Å². The lowest BCUT2D eigenvalue weighted by Gasteiger charge is -2.22. The largest absolute Gasteiger partial charge is 0.406 e. The Hall–Kier alpha value is -1.47. The van der Waals surface area contributed by atoms with Crippen molar-refractivity contribution in [3.05, 3.63) is 0 Å². The number of aliphatic imine (C=N–C) groups is 1. The number of likely N-dealkylation sites (N-methyl/N-ethyl adjacent to an activating group) is 1. The lowest BCUT2D eigenvalue weighted by atomic mass is 10.2. The van der Waals surface area contributed by atoms with Gasteiger partial charge in [0.1, 0.15) is 13.1 Å². The molecule has 2 N–H and O–H groups in total. The van der Waals surface area contributed by atoms with Crippen LogP contribution in [-0.2, 0) is 4.79 Å². The minimum Gasteiger partial charge on any atom is -0.370 e. The van der Waals surface area contributed by atoms with Gasteiger partial charge in [0.25, 0.3) is 0 Å². The molecule has 0 aromatic rings. The maximum Gasteiger partial charge on any atom is 0.406 e. The lowest BCUT2D eigenvalue weighted by molar-refractivity contribution is -0.157. The third-order valence-corrected chi connectivity index (χ3v) is 3.15. The Kier molecular flexibility index (Phi) is 6.09. The fourth-order valence-electron chi connectivity index (χ4n) is 2.03. The fraction of sp³-hybridized carbons (Fsp3) is 0.833. The van der Waals surface area contributed by atoms with E-state index in [-0.39, 0.29) is 12.5 Å². The molecular formula is C12H21F3N4O. The minimum atomic E-state index is -4.40. The predicted molar refractivity (Wildman–Crippen MR) is 70.2 cm³/mol. The quantitative estimate of drug-likeness (QED) is 0.628. The number of carbonyl (C=O) groups is 1. The second-order valence-corrected chi connectivity index (χ2v) is 4.94. The standard InChI is InChI=1S/C12H21F3N4O/c1-18(9-12(13,14)15)10(20)8-17-11(16)19-6-4-2-3-5-7-19/h2-9H2,1H3,(H2,16,17). The van der Waals surface area contributed by atoms with Gasteiger partial charge in [-0.15, -0.1) is 0 Å². The van der Waals surface area contributed by atoms with Gasteiger partial charge in [0.15, 0.2) is 5.96 Å². The average Bonchev–Trinajstić information content (AvgIpc) is 2.62. The molecule has 0 aromatic heterocycles. The molecule has 8 heteroatoms. The summed E-state index contributed by atoms with van der Waals surface area (Å²) in [6.07, 6.45) is -0.102. The zero-order valence-electron chi connectivity index (χ0n) is 11.6. The fourth-order valence-corrected chi connectivity index (χ4v) is 2.03. The molecule has 0 spiro atoms. The molecule has 0 bridgehead atoms. The Bertz CT molecular complexity index is 349. The van der Waals surface area contributed by atoms with E-state index < -0.39 is 18.6 Å². The molecular weight excluding hydrogens is 273 g/mol. The molecule has 116 valence electrons. The number of rotatable bonds is 3. The van der Waals surface area contributed by atoms with Gasteiger partial charge in [0.2, 0.25) is 5.91 Å². The van der Waals surface area contributed by atoms with Crippen LogP contribution in [0.4, 0.5) is 13.2 Å². The van der Waals surface area contributed by atoms with Crippen LogP contribution in [0.15, 0.2) is 4.99 Å². The summed E-state index contributed by atoms with van der Waals surface area (Å²) in [5, 5.41) is 0. The van der Waals surface area contributed by atoms with Crippen molar-refractivity contribution in [3.8, 4) is 0 Å². The lowest BCUT2D eigenvalue weighted by Crippen LogP contribution is -2.40. The van der Waals surface area contributed by atoms with Crippen molar-refractivity contribution in [1.82, 2.24) is 9.80 Å². The summed E-state index contributed by atoms with van der Waals surface area (Å²) in [5.41, 5.74) is 5.78. The number of likely N-dealkylation sites (tertiary alicyclic amines) is 1. The third-order valence-electron chi connectivity index (χ3n) is 3.15. The zero-order chi connectivity index (χ0) is 15.2. The van der Waals surface area contributed by atoms with Gasteiger partial charge in [-0.2, -0.15) is 13.2 Å². The molecule has 5 nitrogen and oxygen atoms in total. The van der Waals surface area contributed by atoms with E-state index in [1.165, 1.54) is 0 Å². The van der Waals surface area contributed by atoms with Crippen LogP contribution in [0.5, 0.6) is 0 Å². The molecule has 0 aliphatic carbocycles. The maximum absolute atomic E-state index is 12.1. The number of hydrogen-bond donors (Lipinski definition) is 1. The number of hydrogen-bond acceptors (Lipinski definition) is 2. The van der Waals surface area contributed by atoms with Crippen molar-refractivity contribution < 1.29 is 18.0 Å². The number of guanidine groups is 1. The highest BCUT2D eigenvalue weighted by molar-refractivity contribution is 5.84. The van der Waals surface area contributed by atoms with Crippen molar-refractivity contribution in [2.75, 3.05) is 33.2 Å². The third kappa shape index (κ3) is 6.12. The van der Waals surface area contributed by atoms with Crippen molar-refractivity contribution in [1.29, 1.82) is 0 Å². The van der Waals surface area contributed by atoms with Gasteiger partial charge < -0.3 is 15.5 Å². The predicted octanol–water partition coefficient (Wildman–Crippen LogP) is 1.20. The van der Waals surface area contributed by atoms with Gasteiger partial charge in [0.05, 0.1) is 0 Å². The maximum atomic E-state index is 12.1. The SMILES string of the molecule is CN(CC(F)(F)F)C(=O)CN=C(N)N1CCCCCC1. The van der Waals surface area contributed by atoms with Gasteiger partial charge >= 0.3 is 6.18 Å². The second kappa shape index (κ2) is 7.35. The number of amides is 1. The summed E-state index contributed by atoms with van der Waals surface area (Å²) < 4.78 is 36.4. The summed E-state index contributed by atoms with van der Waals surface area (Å²) in [7, 11) is 1.10. The first-order valence-electron chi connectivity index (χ1n) is 6.65. The molecule has 0 atom stereocenters. The van der Waals surface area contributed by atoms with Gasteiger partial charge in [-0.1, -0.05) is 12.8 Å². The summed E-state index contributed by atoms with van der Waals surface area (Å²) in [6, 6.07) is 0. The Balaban J connectivity index is 2.46. The van der Waals surface area contributed by atoms with Gasteiger partial charge in [-0.3, -0.25) is 4.79 Å². The van der Waals surface area contributed by atoms with Crippen LogP contribution in [0, 0.1) is 0 Å². The first kappa shape index (κ1) is 16.6. The molecule has 0 unspecified atom stereocenters. The smallest absolute Gasteiger partial charge is 0.370 e. The Morgan fingerprint density at radius 2 is 1.80 bits per heavy atom. The summed E-state index contributed by atoms with van der Waals surface area (Å²) >= 11 is 0. The van der Waals surface area contributed by atoms with E-state index in [0.29, 0.717) is 4.90 Å². The normalized spacial score (nSPS) is 17.8. The average molecular weight is 294 g/mol. The first-order chi connectivity index (χ1) is 9.29. The van der Waals surface area contributed by atoms with Gasteiger partial charge in [-0.25, -0.2) is 4.99 Å². The molecule has 0 radical (unpaired) electrons. The Labute approximate surface area is 116 Å². The van der Waals surface area contributed by atoms with E-state index >= 15 is 0 Å². The molecule has 20 heavy (non-hydrogen) atoms. The number of halogens is 3. The van der Waals surface area contributed by atoms with E-state index in [1.54, 1.807) is 0 Å². The molecule has 1 saturated heterocycles. The van der Waals surface area contributed by atoms with E-state index in [2.05, 4.69) is 4.99 Å². The van der Waals surface area contributed by atoms with Crippen LogP contribution in [-0.4, -0.2) is 61.1 Å². The topological polar surface area (TPSA) is 61.9 Å². The van der Waals surface area contributed by atoms with Crippen molar-refractivity contribution >= 4 is 11.9 Å². The van der Waals surface area contributed by atoms with E-state index in [9.17, 15) is 18.0 Å². The second-order valence-electron chi connectivity index (χ2n) is 4.94. The van der Waals surface area contributed by atoms with E-state index in [1.807, 2.05) is 4.90 Å². The number of nitrogens with two attached hydrogens (primary N) is 1. The highest BCUT2D eigenvalue weighted by atomic mass is 19.4. The summed E-state index contributed by atoms with van der Waals surface area (Å²) in [4.78, 5) is 17.9. The van der Waals surface area contributed by atoms with Crippen LogP contribution in [0.2, 0.25) is 0 Å². The molecule has 0 saturated carbocycles. The molecule has 1 aliphatic rings. The van der Waals surface area contributed by atoms with E-state index in [4.69, 9.17) is 5.73 Å². The molecule has 1 amide bonds. The molecule has 0 aromatic carbocycles. The first-order valence-corrected chi connectivity index (χ1v) is 6.65. The molecule has 1 aliphatic heterocycles. The summed E-state index contributed by atoms with van der Waals surface area (Å²) in [6.45, 7) is -0.0658. The zero-order valence-corrected chi connectivity index (χ0v) is 11.6. The Morgan fingerprint density at radius 3 is 2.30 bits per heavy atom. The van der Waals surface area contributed by atoms with E-state index in [0.717, 1.165) is 45.8 Å². The van der Waals surface area contributed by atoms with Crippen molar-refractivity contribution in [2.24, 2.45) is 10.7 Å². The highest BCUT2D eigenvalue weighted by Crippen LogP contribution is 2.15. The van der Waals surface area contributed by atoms with Crippen LogP contribution in [0.25, 0.3) is 0 Å². The number of carbonyl (C=O) groups excluding carboxylic acids is 1. The minimum absolute atomic E-state index is 0.237. The van der Waals surface area contributed by atoms with Crippen LogP contribution in [0.3, 0.4) is 0 Å². The molecule has 1 rings (SSSR count). The summed E-state index contributed by atoms with van der Waals surface area (Å²) in [5.74, 6) is -0.458.